The van der Waals surface area contributed by atoms with Crippen LogP contribution in [0.25, 0.3) is 0 Å². The van der Waals surface area contributed by atoms with E-state index in [1.54, 1.807) is 6.07 Å². The first kappa shape index (κ1) is 12.0. The zero-order chi connectivity index (χ0) is 12.4. The third-order valence-electron chi connectivity index (χ3n) is 3.93. The van der Waals surface area contributed by atoms with Gasteiger partial charge in [0.1, 0.15) is 11.6 Å². The van der Waals surface area contributed by atoms with Crippen LogP contribution in [0.4, 0.5) is 4.39 Å². The van der Waals surface area contributed by atoms with Crippen LogP contribution in [0.3, 0.4) is 0 Å². The molecule has 3 heteroatoms. The highest BCUT2D eigenvalue weighted by Crippen LogP contribution is 2.32. The number of halogens is 1. The highest BCUT2D eigenvalue weighted by atomic mass is 19.1. The first-order valence-electron chi connectivity index (χ1n) is 6.96. The van der Waals surface area contributed by atoms with Crippen LogP contribution >= 0.6 is 0 Å². The predicted molar refractivity (Wildman–Crippen MR) is 69.5 cm³/mol. The Kier molecular flexibility index (Phi) is 3.50. The van der Waals surface area contributed by atoms with Gasteiger partial charge in [-0.2, -0.15) is 0 Å². The van der Waals surface area contributed by atoms with Crippen molar-refractivity contribution in [3.8, 4) is 5.75 Å². The van der Waals surface area contributed by atoms with Gasteiger partial charge in [-0.3, -0.25) is 0 Å². The van der Waals surface area contributed by atoms with Crippen LogP contribution in [0.2, 0.25) is 0 Å². The van der Waals surface area contributed by atoms with Gasteiger partial charge in [0, 0.05) is 6.07 Å². The zero-order valence-corrected chi connectivity index (χ0v) is 10.6. The Balaban J connectivity index is 1.66. The Morgan fingerprint density at radius 2 is 1.94 bits per heavy atom. The molecule has 0 spiro atoms. The highest BCUT2D eigenvalue weighted by molar-refractivity contribution is 5.31. The minimum Gasteiger partial charge on any atom is -0.493 e. The molecule has 2 fully saturated rings. The van der Waals surface area contributed by atoms with Crippen LogP contribution in [0, 0.1) is 11.7 Å². The average molecular weight is 249 g/mol. The molecule has 0 aromatic heterocycles. The third kappa shape index (κ3) is 2.83. The minimum atomic E-state index is -0.102. The molecule has 0 bridgehead atoms. The Bertz CT molecular complexity index is 411. The maximum Gasteiger partial charge on any atom is 0.130 e. The number of nitrogens with one attached hydrogen (secondary N) is 1. The van der Waals surface area contributed by atoms with E-state index in [0.717, 1.165) is 38.1 Å². The lowest BCUT2D eigenvalue weighted by Crippen LogP contribution is -2.27. The Morgan fingerprint density at radius 3 is 2.61 bits per heavy atom. The Hall–Kier alpha value is -1.09. The fraction of sp³-hybridized carbons (Fsp3) is 0.600. The van der Waals surface area contributed by atoms with Crippen molar-refractivity contribution < 1.29 is 9.13 Å². The van der Waals surface area contributed by atoms with Crippen molar-refractivity contribution in [1.29, 1.82) is 0 Å². The molecule has 3 rings (SSSR count). The lowest BCUT2D eigenvalue weighted by Gasteiger charge is -2.23. The van der Waals surface area contributed by atoms with Crippen molar-refractivity contribution in [2.75, 3.05) is 19.7 Å². The van der Waals surface area contributed by atoms with Crippen LogP contribution in [-0.2, 0) is 0 Å². The molecule has 1 saturated heterocycles. The van der Waals surface area contributed by atoms with Crippen LogP contribution in [0.1, 0.15) is 37.2 Å². The smallest absolute Gasteiger partial charge is 0.130 e. The second kappa shape index (κ2) is 5.27. The van der Waals surface area contributed by atoms with Crippen LogP contribution in [-0.4, -0.2) is 19.7 Å². The van der Waals surface area contributed by atoms with Crippen molar-refractivity contribution in [1.82, 2.24) is 5.32 Å². The molecular formula is C15H20FNO. The largest absolute Gasteiger partial charge is 0.493 e. The van der Waals surface area contributed by atoms with Gasteiger partial charge in [-0.15, -0.1) is 0 Å². The molecule has 1 saturated carbocycles. The van der Waals surface area contributed by atoms with Crippen molar-refractivity contribution >= 4 is 0 Å². The fourth-order valence-corrected chi connectivity index (χ4v) is 2.56. The van der Waals surface area contributed by atoms with Gasteiger partial charge in [0.25, 0.3) is 0 Å². The molecular weight excluding hydrogens is 229 g/mol. The summed E-state index contributed by atoms with van der Waals surface area (Å²) in [7, 11) is 0. The van der Waals surface area contributed by atoms with Crippen molar-refractivity contribution in [3.05, 3.63) is 29.6 Å². The number of piperidine rings is 1. The second-order valence-corrected chi connectivity index (χ2v) is 5.46. The molecule has 1 aliphatic heterocycles. The van der Waals surface area contributed by atoms with E-state index in [4.69, 9.17) is 4.74 Å². The molecule has 2 aliphatic rings. The molecule has 1 aromatic rings. The molecule has 1 aliphatic carbocycles. The lowest BCUT2D eigenvalue weighted by atomic mass is 9.90. The monoisotopic (exact) mass is 249 g/mol. The number of hydrogen-bond acceptors (Lipinski definition) is 2. The summed E-state index contributed by atoms with van der Waals surface area (Å²) in [5, 5.41) is 3.31. The van der Waals surface area contributed by atoms with Crippen LogP contribution in [0.5, 0.6) is 5.75 Å². The summed E-state index contributed by atoms with van der Waals surface area (Å²) in [5.41, 5.74) is 0.857. The summed E-state index contributed by atoms with van der Waals surface area (Å²) in [6.07, 6.45) is 4.57. The number of ether oxygens (including phenoxy) is 1. The van der Waals surface area contributed by atoms with E-state index in [-0.39, 0.29) is 5.82 Å². The zero-order valence-electron chi connectivity index (χ0n) is 10.6. The summed E-state index contributed by atoms with van der Waals surface area (Å²) in [6, 6.07) is 5.39. The van der Waals surface area contributed by atoms with E-state index < -0.39 is 0 Å². The summed E-state index contributed by atoms with van der Waals surface area (Å²) < 4.78 is 19.7. The number of hydrogen-bond donors (Lipinski definition) is 1. The van der Waals surface area contributed by atoms with Crippen molar-refractivity contribution in [2.45, 2.75) is 31.6 Å². The minimum absolute atomic E-state index is 0.102. The molecule has 18 heavy (non-hydrogen) atoms. The highest BCUT2D eigenvalue weighted by Gasteiger charge is 2.22. The average Bonchev–Trinajstić information content (AvgIpc) is 3.21. The number of benzene rings is 1. The first-order valence-corrected chi connectivity index (χ1v) is 6.96. The Labute approximate surface area is 108 Å². The standard InChI is InChI=1S/C15H20FNO/c16-15-9-13(18-10-11-1-2-11)3-4-14(15)12-5-7-17-8-6-12/h3-4,9,11-12,17H,1-2,5-8,10H2. The Morgan fingerprint density at radius 1 is 1.17 bits per heavy atom. The lowest BCUT2D eigenvalue weighted by molar-refractivity contribution is 0.298. The van der Waals surface area contributed by atoms with Crippen molar-refractivity contribution in [3.63, 3.8) is 0 Å². The molecule has 1 N–H and O–H groups in total. The summed E-state index contributed by atoms with van der Waals surface area (Å²) in [6.45, 7) is 2.72. The van der Waals surface area contributed by atoms with Crippen LogP contribution in [0.15, 0.2) is 18.2 Å². The van der Waals surface area contributed by atoms with Gasteiger partial charge in [-0.1, -0.05) is 6.07 Å². The molecule has 1 heterocycles. The van der Waals surface area contributed by atoms with E-state index in [1.165, 1.54) is 12.8 Å². The molecule has 0 atom stereocenters. The number of rotatable bonds is 4. The third-order valence-corrected chi connectivity index (χ3v) is 3.93. The quantitative estimate of drug-likeness (QED) is 0.885. The van der Waals surface area contributed by atoms with Gasteiger partial charge in [0.15, 0.2) is 0 Å². The van der Waals surface area contributed by atoms with Crippen molar-refractivity contribution in [2.24, 2.45) is 5.92 Å². The van der Waals surface area contributed by atoms with E-state index in [1.807, 2.05) is 12.1 Å². The van der Waals surface area contributed by atoms with Gasteiger partial charge in [0.05, 0.1) is 6.61 Å². The van der Waals surface area contributed by atoms with Gasteiger partial charge in [-0.25, -0.2) is 4.39 Å². The summed E-state index contributed by atoms with van der Waals surface area (Å²) in [5.74, 6) is 1.65. The van der Waals surface area contributed by atoms with E-state index >= 15 is 0 Å². The van der Waals surface area contributed by atoms with Gasteiger partial charge < -0.3 is 10.1 Å². The van der Waals surface area contributed by atoms with E-state index in [0.29, 0.717) is 17.6 Å². The van der Waals surface area contributed by atoms with Gasteiger partial charge in [-0.05, 0) is 62.2 Å². The molecule has 1 aromatic carbocycles. The summed E-state index contributed by atoms with van der Waals surface area (Å²) in [4.78, 5) is 0. The van der Waals surface area contributed by atoms with E-state index in [9.17, 15) is 4.39 Å². The first-order chi connectivity index (χ1) is 8.83. The van der Waals surface area contributed by atoms with Crippen LogP contribution < -0.4 is 10.1 Å². The van der Waals surface area contributed by atoms with Gasteiger partial charge >= 0.3 is 0 Å². The predicted octanol–water partition coefficient (Wildman–Crippen LogP) is 3.08. The summed E-state index contributed by atoms with van der Waals surface area (Å²) >= 11 is 0. The fourth-order valence-electron chi connectivity index (χ4n) is 2.56. The molecule has 0 unspecified atom stereocenters. The molecule has 98 valence electrons. The molecule has 0 amide bonds. The second-order valence-electron chi connectivity index (χ2n) is 5.46. The SMILES string of the molecule is Fc1cc(OCC2CC2)ccc1C1CCNCC1. The topological polar surface area (TPSA) is 21.3 Å². The normalized spacial score (nSPS) is 20.9. The molecule has 2 nitrogen and oxygen atoms in total. The van der Waals surface area contributed by atoms with Gasteiger partial charge in [0.2, 0.25) is 0 Å². The maximum absolute atomic E-state index is 14.1. The van der Waals surface area contributed by atoms with E-state index in [2.05, 4.69) is 5.32 Å². The molecule has 0 radical (unpaired) electrons. The maximum atomic E-state index is 14.1.